The van der Waals surface area contributed by atoms with Crippen molar-refractivity contribution in [3.05, 3.63) is 94.0 Å². The molecule has 1 amide bonds. The number of hydrogen-bond acceptors (Lipinski definition) is 5. The number of rotatable bonds is 5. The van der Waals surface area contributed by atoms with E-state index in [-0.39, 0.29) is 11.7 Å². The summed E-state index contributed by atoms with van der Waals surface area (Å²) in [4.78, 5) is 18.9. The van der Waals surface area contributed by atoms with Crippen LogP contribution in [0.5, 0.6) is 5.75 Å². The number of nitrogen functional groups attached to an aromatic ring is 1. The number of nitrogens with zero attached hydrogens (tertiary/aromatic N) is 1. The molecule has 35 heavy (non-hydrogen) atoms. The molecule has 0 fully saturated rings. The van der Waals surface area contributed by atoms with E-state index in [4.69, 9.17) is 15.5 Å². The number of carbonyl (C=O) groups is 1. The van der Waals surface area contributed by atoms with Gasteiger partial charge in [-0.15, -0.1) is 11.3 Å². The summed E-state index contributed by atoms with van der Waals surface area (Å²) in [6.45, 7) is 0. The van der Waals surface area contributed by atoms with Gasteiger partial charge in [-0.2, -0.15) is 0 Å². The monoisotopic (exact) mass is 547 g/mol. The number of carbonyl (C=O) groups excluding carboxylic acids is 1. The summed E-state index contributed by atoms with van der Waals surface area (Å²) >= 11 is 4.62. The maximum atomic E-state index is 13.7. The van der Waals surface area contributed by atoms with Crippen LogP contribution in [0.25, 0.3) is 32.6 Å². The van der Waals surface area contributed by atoms with Crippen molar-refractivity contribution in [2.75, 3.05) is 18.2 Å². The second kappa shape index (κ2) is 9.48. The molecule has 0 saturated heterocycles. The van der Waals surface area contributed by atoms with Crippen molar-refractivity contribution in [2.24, 2.45) is 0 Å². The number of anilines is 2. The molecule has 0 bridgehead atoms. The average Bonchev–Trinajstić information content (AvgIpc) is 3.22. The SMILES string of the molecule is COc1ccc(-c2cc(-c3ccc(F)cc3)c3c(N)c(C(=O)Nc4ccc(Br)cc4)sc3n2)cc1. The van der Waals surface area contributed by atoms with Gasteiger partial charge in [0, 0.05) is 21.1 Å². The standard InChI is InChI=1S/C27H19BrFN3O2S/c1-34-20-12-4-16(5-13-20)22-14-21(15-2-8-18(29)9-3-15)23-24(30)25(35-27(23)32-22)26(33)31-19-10-6-17(28)7-11-19/h2-14H,30H2,1H3,(H,31,33). The first-order valence-corrected chi connectivity index (χ1v) is 12.2. The Hall–Kier alpha value is -3.75. The molecule has 0 aliphatic rings. The molecule has 3 N–H and O–H groups in total. The molecule has 5 aromatic rings. The average molecular weight is 548 g/mol. The van der Waals surface area contributed by atoms with E-state index < -0.39 is 0 Å². The van der Waals surface area contributed by atoms with Crippen molar-refractivity contribution in [3.8, 4) is 28.1 Å². The number of benzene rings is 3. The summed E-state index contributed by atoms with van der Waals surface area (Å²) in [5.41, 5.74) is 10.7. The van der Waals surface area contributed by atoms with Crippen LogP contribution in [0.3, 0.4) is 0 Å². The maximum Gasteiger partial charge on any atom is 0.267 e. The van der Waals surface area contributed by atoms with Gasteiger partial charge in [0.15, 0.2) is 0 Å². The highest BCUT2D eigenvalue weighted by molar-refractivity contribution is 9.10. The molecule has 0 spiro atoms. The Morgan fingerprint density at radius 2 is 1.66 bits per heavy atom. The van der Waals surface area contributed by atoms with E-state index in [0.29, 0.717) is 32.2 Å². The first-order valence-electron chi connectivity index (χ1n) is 10.6. The highest BCUT2D eigenvalue weighted by atomic mass is 79.9. The summed E-state index contributed by atoms with van der Waals surface area (Å²) in [7, 11) is 1.61. The summed E-state index contributed by atoms with van der Waals surface area (Å²) in [6, 6.07) is 23.0. The van der Waals surface area contributed by atoms with Crippen LogP contribution in [0.2, 0.25) is 0 Å². The Labute approximate surface area is 213 Å². The fraction of sp³-hybridized carbons (Fsp3) is 0.0370. The molecule has 0 aliphatic carbocycles. The highest BCUT2D eigenvalue weighted by Gasteiger charge is 2.22. The fourth-order valence-electron chi connectivity index (χ4n) is 3.78. The second-order valence-electron chi connectivity index (χ2n) is 7.78. The predicted octanol–water partition coefficient (Wildman–Crippen LogP) is 7.38. The second-order valence-corrected chi connectivity index (χ2v) is 9.69. The third-order valence-corrected chi connectivity index (χ3v) is 7.18. The Bertz CT molecular complexity index is 1530. The third-order valence-electron chi connectivity index (χ3n) is 5.55. The smallest absolute Gasteiger partial charge is 0.267 e. The minimum Gasteiger partial charge on any atom is -0.497 e. The van der Waals surface area contributed by atoms with Crippen LogP contribution in [-0.2, 0) is 0 Å². The van der Waals surface area contributed by atoms with E-state index in [2.05, 4.69) is 21.2 Å². The van der Waals surface area contributed by atoms with Gasteiger partial charge in [-0.3, -0.25) is 4.79 Å². The first-order chi connectivity index (χ1) is 16.9. The number of amides is 1. The van der Waals surface area contributed by atoms with Crippen molar-refractivity contribution in [1.29, 1.82) is 0 Å². The van der Waals surface area contributed by atoms with Gasteiger partial charge in [0.1, 0.15) is 21.3 Å². The van der Waals surface area contributed by atoms with Crippen LogP contribution in [-0.4, -0.2) is 18.0 Å². The maximum absolute atomic E-state index is 13.7. The molecular weight excluding hydrogens is 529 g/mol. The molecule has 3 aromatic carbocycles. The van der Waals surface area contributed by atoms with Crippen LogP contribution >= 0.6 is 27.3 Å². The molecule has 8 heteroatoms. The van der Waals surface area contributed by atoms with Gasteiger partial charge in [-0.05, 0) is 77.9 Å². The Morgan fingerprint density at radius 3 is 2.31 bits per heavy atom. The number of halogens is 2. The summed E-state index contributed by atoms with van der Waals surface area (Å²) in [6.07, 6.45) is 0. The predicted molar refractivity (Wildman–Crippen MR) is 144 cm³/mol. The minimum atomic E-state index is -0.331. The normalized spacial score (nSPS) is 10.9. The third kappa shape index (κ3) is 4.62. The van der Waals surface area contributed by atoms with E-state index in [0.717, 1.165) is 26.9 Å². The fourth-order valence-corrected chi connectivity index (χ4v) is 5.06. The quantitative estimate of drug-likeness (QED) is 0.240. The lowest BCUT2D eigenvalue weighted by Gasteiger charge is -2.09. The van der Waals surface area contributed by atoms with Crippen LogP contribution in [0.4, 0.5) is 15.8 Å². The number of fused-ring (bicyclic) bond motifs is 1. The van der Waals surface area contributed by atoms with E-state index in [1.54, 1.807) is 31.4 Å². The van der Waals surface area contributed by atoms with E-state index in [1.165, 1.54) is 23.5 Å². The number of ether oxygens (including phenoxy) is 1. The minimum absolute atomic E-state index is 0.316. The Balaban J connectivity index is 1.65. The lowest BCUT2D eigenvalue weighted by molar-refractivity contribution is 0.103. The van der Waals surface area contributed by atoms with Gasteiger partial charge >= 0.3 is 0 Å². The Kier molecular flexibility index (Phi) is 6.23. The Morgan fingerprint density at radius 1 is 1.00 bits per heavy atom. The molecule has 174 valence electrons. The number of pyridine rings is 1. The van der Waals surface area contributed by atoms with Gasteiger partial charge < -0.3 is 15.8 Å². The number of nitrogens with one attached hydrogen (secondary N) is 1. The number of aromatic nitrogens is 1. The van der Waals surface area contributed by atoms with Crippen LogP contribution in [0, 0.1) is 5.82 Å². The highest BCUT2D eigenvalue weighted by Crippen LogP contribution is 2.41. The van der Waals surface area contributed by atoms with Gasteiger partial charge in [0.05, 0.1) is 18.5 Å². The van der Waals surface area contributed by atoms with Gasteiger partial charge in [-0.25, -0.2) is 9.37 Å². The van der Waals surface area contributed by atoms with Gasteiger partial charge in [0.2, 0.25) is 0 Å². The van der Waals surface area contributed by atoms with Gasteiger partial charge in [-0.1, -0.05) is 28.1 Å². The first kappa shape index (κ1) is 23.0. The van der Waals surface area contributed by atoms with Crippen molar-refractivity contribution in [2.45, 2.75) is 0 Å². The molecule has 0 atom stereocenters. The van der Waals surface area contributed by atoms with Crippen molar-refractivity contribution in [3.63, 3.8) is 0 Å². The van der Waals surface area contributed by atoms with Crippen LogP contribution in [0.15, 0.2) is 83.3 Å². The molecule has 2 heterocycles. The summed E-state index contributed by atoms with van der Waals surface area (Å²) in [5, 5.41) is 3.56. The number of hydrogen-bond donors (Lipinski definition) is 2. The number of thiophene rings is 1. The zero-order chi connectivity index (χ0) is 24.5. The lowest BCUT2D eigenvalue weighted by atomic mass is 9.99. The van der Waals surface area contributed by atoms with Crippen molar-refractivity contribution in [1.82, 2.24) is 4.98 Å². The van der Waals surface area contributed by atoms with E-state index >= 15 is 0 Å². The summed E-state index contributed by atoms with van der Waals surface area (Å²) < 4.78 is 19.8. The van der Waals surface area contributed by atoms with E-state index in [9.17, 15) is 9.18 Å². The van der Waals surface area contributed by atoms with E-state index in [1.807, 2.05) is 42.5 Å². The molecule has 5 rings (SSSR count). The molecular formula is C27H19BrFN3O2S. The van der Waals surface area contributed by atoms with Crippen LogP contribution < -0.4 is 15.8 Å². The molecule has 0 radical (unpaired) electrons. The molecule has 5 nitrogen and oxygen atoms in total. The zero-order valence-corrected chi connectivity index (χ0v) is 20.9. The topological polar surface area (TPSA) is 77.2 Å². The van der Waals surface area contributed by atoms with Gasteiger partial charge in [0.25, 0.3) is 5.91 Å². The van der Waals surface area contributed by atoms with Crippen molar-refractivity contribution < 1.29 is 13.9 Å². The largest absolute Gasteiger partial charge is 0.497 e. The lowest BCUT2D eigenvalue weighted by Crippen LogP contribution is -2.11. The van der Waals surface area contributed by atoms with Crippen LogP contribution in [0.1, 0.15) is 9.67 Å². The molecule has 0 unspecified atom stereocenters. The number of nitrogens with two attached hydrogens (primary N) is 1. The van der Waals surface area contributed by atoms with Crippen molar-refractivity contribution >= 4 is 54.8 Å². The summed E-state index contributed by atoms with van der Waals surface area (Å²) in [5.74, 6) is 0.0898. The molecule has 0 saturated carbocycles. The molecule has 0 aliphatic heterocycles. The molecule has 2 aromatic heterocycles. The number of methoxy groups -OCH3 is 1. The zero-order valence-electron chi connectivity index (χ0n) is 18.5.